The number of hydrogen-bond donors (Lipinski definition) is 1. The molecule has 0 aliphatic carbocycles. The van der Waals surface area contributed by atoms with Crippen molar-refractivity contribution in [1.82, 2.24) is 5.43 Å². The topological polar surface area (TPSA) is 36.8 Å². The molecule has 1 N–H and O–H groups in total. The van der Waals surface area contributed by atoms with Gasteiger partial charge in [-0.05, 0) is 13.3 Å². The van der Waals surface area contributed by atoms with Crippen molar-refractivity contribution in [2.45, 2.75) is 20.3 Å². The van der Waals surface area contributed by atoms with Gasteiger partial charge < -0.3 is 5.43 Å². The molecular formula is C6H13N3. The smallest absolute Gasteiger partial charge is 0.114 e. The fourth-order valence-electron chi connectivity index (χ4n) is 0.309. The zero-order chi connectivity index (χ0) is 6.95. The highest BCUT2D eigenvalue weighted by molar-refractivity contribution is 5.40. The highest BCUT2D eigenvalue weighted by atomic mass is 15.3. The average Bonchev–Trinajstić information content (AvgIpc) is 1.89. The van der Waals surface area contributed by atoms with Gasteiger partial charge in [0.15, 0.2) is 0 Å². The van der Waals surface area contributed by atoms with Crippen molar-refractivity contribution in [1.29, 1.82) is 0 Å². The van der Waals surface area contributed by atoms with Crippen molar-refractivity contribution >= 4 is 6.01 Å². The van der Waals surface area contributed by atoms with Crippen molar-refractivity contribution in [2.75, 3.05) is 13.1 Å². The Hall–Kier alpha value is -0.820. The molecule has 0 spiro atoms. The van der Waals surface area contributed by atoms with Crippen LogP contribution in [0.1, 0.15) is 20.3 Å². The van der Waals surface area contributed by atoms with Gasteiger partial charge in [0, 0.05) is 13.1 Å². The summed E-state index contributed by atoms with van der Waals surface area (Å²) in [6, 6.07) is 2.51. The van der Waals surface area contributed by atoms with Crippen molar-refractivity contribution in [3.63, 3.8) is 0 Å². The Labute approximate surface area is 55.9 Å². The van der Waals surface area contributed by atoms with Crippen molar-refractivity contribution < 1.29 is 0 Å². The number of rotatable bonds is 4. The Morgan fingerprint density at radius 2 is 2.22 bits per heavy atom. The molecule has 9 heavy (non-hydrogen) atoms. The number of hydrazone groups is 1. The highest BCUT2D eigenvalue weighted by Crippen LogP contribution is 1.67. The third-order valence-corrected chi connectivity index (χ3v) is 0.720. The molecule has 0 saturated carbocycles. The summed E-state index contributed by atoms with van der Waals surface area (Å²) in [5.41, 5.74) is 2.79. The van der Waals surface area contributed by atoms with Crippen LogP contribution in [-0.4, -0.2) is 19.1 Å². The molecule has 52 valence electrons. The zero-order valence-electron chi connectivity index (χ0n) is 6.02. The molecule has 0 aromatic heterocycles. The van der Waals surface area contributed by atoms with E-state index in [1.165, 1.54) is 0 Å². The molecule has 3 heteroatoms. The highest BCUT2D eigenvalue weighted by Gasteiger charge is 1.70. The van der Waals surface area contributed by atoms with Crippen molar-refractivity contribution in [3.05, 3.63) is 0 Å². The number of nitrogens with one attached hydrogen (secondary N) is 1. The normalized spacial score (nSPS) is 7.78. The molecule has 0 aromatic rings. The van der Waals surface area contributed by atoms with E-state index >= 15 is 0 Å². The molecule has 0 aliphatic heterocycles. The van der Waals surface area contributed by atoms with Gasteiger partial charge in [-0.2, -0.15) is 0 Å². The van der Waals surface area contributed by atoms with E-state index in [0.717, 1.165) is 19.5 Å². The number of hydrogen-bond acceptors (Lipinski definition) is 3. The lowest BCUT2D eigenvalue weighted by Crippen LogP contribution is -2.04. The summed E-state index contributed by atoms with van der Waals surface area (Å²) in [6.07, 6.45) is 1.08. The maximum absolute atomic E-state index is 3.76. The predicted octanol–water partition coefficient (Wildman–Crippen LogP) is 1.09. The molecule has 3 nitrogen and oxygen atoms in total. The van der Waals surface area contributed by atoms with Crippen LogP contribution < -0.4 is 5.43 Å². The van der Waals surface area contributed by atoms with Gasteiger partial charge in [0.25, 0.3) is 0 Å². The van der Waals surface area contributed by atoms with Gasteiger partial charge in [0.2, 0.25) is 0 Å². The van der Waals surface area contributed by atoms with Crippen LogP contribution in [0.15, 0.2) is 10.1 Å². The lowest BCUT2D eigenvalue weighted by atomic mass is 10.5. The first kappa shape index (κ1) is 8.18. The minimum atomic E-state index is 0.747. The fourth-order valence-corrected chi connectivity index (χ4v) is 0.309. The Kier molecular flexibility index (Phi) is 6.53. The summed E-state index contributed by atoms with van der Waals surface area (Å²) in [4.78, 5) is 3.76. The van der Waals surface area contributed by atoms with Gasteiger partial charge in [0.05, 0.1) is 0 Å². The zero-order valence-corrected chi connectivity index (χ0v) is 6.02. The van der Waals surface area contributed by atoms with Crippen LogP contribution in [0, 0.1) is 0 Å². The van der Waals surface area contributed by atoms with Crippen molar-refractivity contribution in [2.24, 2.45) is 10.1 Å². The van der Waals surface area contributed by atoms with Gasteiger partial charge in [-0.25, -0.2) is 4.99 Å². The second kappa shape index (κ2) is 7.18. The van der Waals surface area contributed by atoms with Crippen LogP contribution in [-0.2, 0) is 0 Å². The molecule has 0 heterocycles. The molecule has 0 fully saturated rings. The van der Waals surface area contributed by atoms with E-state index in [4.69, 9.17) is 0 Å². The summed E-state index contributed by atoms with van der Waals surface area (Å²) in [6.45, 7) is 5.67. The monoisotopic (exact) mass is 127 g/mol. The van der Waals surface area contributed by atoms with E-state index in [2.05, 4.69) is 28.5 Å². The van der Waals surface area contributed by atoms with Crippen LogP contribution in [0.4, 0.5) is 0 Å². The van der Waals surface area contributed by atoms with Crippen LogP contribution in [0.25, 0.3) is 0 Å². The largest absolute Gasteiger partial charge is 0.301 e. The van der Waals surface area contributed by atoms with Crippen molar-refractivity contribution in [3.8, 4) is 0 Å². The molecular weight excluding hydrogens is 114 g/mol. The summed E-state index contributed by atoms with van der Waals surface area (Å²) >= 11 is 0. The molecule has 0 amide bonds. The predicted molar refractivity (Wildman–Crippen MR) is 38.7 cm³/mol. The molecule has 0 unspecified atom stereocenters. The first-order chi connectivity index (χ1) is 4.41. The Bertz CT molecular complexity index is 103. The van der Waals surface area contributed by atoms with Crippen LogP contribution >= 0.6 is 0 Å². The molecule has 0 rings (SSSR count). The van der Waals surface area contributed by atoms with E-state index in [9.17, 15) is 0 Å². The second-order valence-corrected chi connectivity index (χ2v) is 1.59. The van der Waals surface area contributed by atoms with Crippen LogP contribution in [0.5, 0.6) is 0 Å². The summed E-state index contributed by atoms with van der Waals surface area (Å²) in [5.74, 6) is 0. The minimum absolute atomic E-state index is 0.747. The molecule has 0 saturated heterocycles. The fraction of sp³-hybridized carbons (Fsp3) is 0.833. The van der Waals surface area contributed by atoms with E-state index in [0.29, 0.717) is 0 Å². The first-order valence-corrected chi connectivity index (χ1v) is 3.25. The number of aliphatic imine (C=N–C) groups is 1. The summed E-state index contributed by atoms with van der Waals surface area (Å²) in [5, 5.41) is 3.68. The molecule has 0 aliphatic rings. The standard InChI is InChI=1S/C6H13N3/c1-3-5-8-9-6-7-4-2/h8H,3-5H2,1-2H3. The number of nitrogens with zero attached hydrogens (tertiary/aromatic N) is 2. The third-order valence-electron chi connectivity index (χ3n) is 0.720. The Morgan fingerprint density at radius 3 is 2.78 bits per heavy atom. The van der Waals surface area contributed by atoms with Gasteiger partial charge in [-0.3, -0.25) is 0 Å². The van der Waals surface area contributed by atoms with E-state index in [1.54, 1.807) is 0 Å². The lowest BCUT2D eigenvalue weighted by Gasteiger charge is -1.88. The van der Waals surface area contributed by atoms with E-state index in [1.807, 2.05) is 6.92 Å². The van der Waals surface area contributed by atoms with Gasteiger partial charge >= 0.3 is 0 Å². The molecule has 0 bridgehead atoms. The maximum atomic E-state index is 3.76. The van der Waals surface area contributed by atoms with Crippen LogP contribution in [0.2, 0.25) is 0 Å². The lowest BCUT2D eigenvalue weighted by molar-refractivity contribution is 0.719. The van der Waals surface area contributed by atoms with Gasteiger partial charge in [0.1, 0.15) is 6.01 Å². The SMILES string of the molecule is CCCNN=C=NCC. The van der Waals surface area contributed by atoms with Crippen LogP contribution in [0.3, 0.4) is 0 Å². The molecule has 0 radical (unpaired) electrons. The summed E-state index contributed by atoms with van der Waals surface area (Å²) < 4.78 is 0. The van der Waals surface area contributed by atoms with Gasteiger partial charge in [-0.15, -0.1) is 5.10 Å². The quantitative estimate of drug-likeness (QED) is 0.342. The average molecular weight is 127 g/mol. The Morgan fingerprint density at radius 1 is 1.44 bits per heavy atom. The third kappa shape index (κ3) is 7.18. The molecule has 0 atom stereocenters. The summed E-state index contributed by atoms with van der Waals surface area (Å²) in [7, 11) is 0. The second-order valence-electron chi connectivity index (χ2n) is 1.59. The minimum Gasteiger partial charge on any atom is -0.301 e. The first-order valence-electron chi connectivity index (χ1n) is 3.25. The Balaban J connectivity index is 3.13. The van der Waals surface area contributed by atoms with E-state index in [-0.39, 0.29) is 0 Å². The maximum Gasteiger partial charge on any atom is 0.114 e. The molecule has 0 aromatic carbocycles. The van der Waals surface area contributed by atoms with Gasteiger partial charge in [-0.1, -0.05) is 6.92 Å². The van der Waals surface area contributed by atoms with E-state index < -0.39 is 0 Å².